The minimum atomic E-state index is -0.604. The van der Waals surface area contributed by atoms with Crippen molar-refractivity contribution in [1.82, 2.24) is 5.32 Å². The van der Waals surface area contributed by atoms with Crippen LogP contribution in [0.25, 0.3) is 0 Å². The molecule has 1 aromatic rings. The molecule has 21 heavy (non-hydrogen) atoms. The van der Waals surface area contributed by atoms with Gasteiger partial charge in [-0.25, -0.2) is 0 Å². The van der Waals surface area contributed by atoms with E-state index in [-0.39, 0.29) is 36.6 Å². The lowest BCUT2D eigenvalue weighted by Crippen LogP contribution is -2.37. The molecule has 7 nitrogen and oxygen atoms in total. The predicted octanol–water partition coefficient (Wildman–Crippen LogP) is 1.77. The largest absolute Gasteiger partial charge is 0.477 e. The fourth-order valence-corrected chi connectivity index (χ4v) is 1.83. The van der Waals surface area contributed by atoms with E-state index in [0.29, 0.717) is 5.56 Å². The van der Waals surface area contributed by atoms with Crippen molar-refractivity contribution in [2.75, 3.05) is 6.61 Å². The summed E-state index contributed by atoms with van der Waals surface area (Å²) in [5.41, 5.74) is 0.146. The molecule has 7 heteroatoms. The average Bonchev–Trinajstić information content (AvgIpc) is 2.50. The van der Waals surface area contributed by atoms with Gasteiger partial charge in [0.05, 0.1) is 11.5 Å². The third-order valence-corrected chi connectivity index (χ3v) is 3.11. The molecule has 1 amide bonds. The van der Waals surface area contributed by atoms with Crippen molar-refractivity contribution < 1.29 is 19.6 Å². The molecule has 0 saturated carbocycles. The predicted molar refractivity (Wildman–Crippen MR) is 77.0 cm³/mol. The number of nitrogens with zero attached hydrogens (tertiary/aromatic N) is 1. The van der Waals surface area contributed by atoms with Gasteiger partial charge in [-0.1, -0.05) is 19.9 Å². The van der Waals surface area contributed by atoms with Crippen LogP contribution in [0.4, 0.5) is 5.69 Å². The molecule has 0 aromatic heterocycles. The summed E-state index contributed by atoms with van der Waals surface area (Å²) in [5.74, 6) is -0.305. The van der Waals surface area contributed by atoms with Gasteiger partial charge in [0.25, 0.3) is 5.91 Å². The van der Waals surface area contributed by atoms with E-state index in [9.17, 15) is 14.9 Å². The van der Waals surface area contributed by atoms with Gasteiger partial charge >= 0.3 is 5.69 Å². The van der Waals surface area contributed by atoms with Crippen molar-refractivity contribution >= 4 is 11.6 Å². The van der Waals surface area contributed by atoms with Crippen molar-refractivity contribution in [3.05, 3.63) is 33.9 Å². The van der Waals surface area contributed by atoms with E-state index < -0.39 is 4.92 Å². The van der Waals surface area contributed by atoms with Gasteiger partial charge < -0.3 is 15.2 Å². The summed E-state index contributed by atoms with van der Waals surface area (Å²) in [6.45, 7) is 3.35. The van der Waals surface area contributed by atoms with Crippen LogP contribution in [0.5, 0.6) is 5.75 Å². The zero-order valence-corrected chi connectivity index (χ0v) is 12.2. The number of amides is 1. The van der Waals surface area contributed by atoms with Gasteiger partial charge in [-0.2, -0.15) is 0 Å². The van der Waals surface area contributed by atoms with Crippen molar-refractivity contribution in [3.63, 3.8) is 0 Å². The SMILES string of the molecule is CCC(CC)NC(=O)COc1ccc(CO)cc1[N+](=O)[O-]. The topological polar surface area (TPSA) is 102 Å². The number of carbonyl (C=O) groups is 1. The molecule has 0 atom stereocenters. The zero-order valence-electron chi connectivity index (χ0n) is 12.2. The number of nitrogens with one attached hydrogen (secondary N) is 1. The van der Waals surface area contributed by atoms with Gasteiger partial charge in [-0.15, -0.1) is 0 Å². The highest BCUT2D eigenvalue weighted by Gasteiger charge is 2.17. The Hall–Kier alpha value is -2.15. The number of aliphatic hydroxyl groups excluding tert-OH is 1. The van der Waals surface area contributed by atoms with Crippen LogP contribution in [-0.2, 0) is 11.4 Å². The van der Waals surface area contributed by atoms with E-state index in [1.54, 1.807) is 0 Å². The molecule has 0 unspecified atom stereocenters. The quantitative estimate of drug-likeness (QED) is 0.562. The molecule has 0 heterocycles. The molecule has 1 aromatic carbocycles. The highest BCUT2D eigenvalue weighted by Crippen LogP contribution is 2.27. The first-order chi connectivity index (χ1) is 10.0. The van der Waals surface area contributed by atoms with Crippen molar-refractivity contribution in [2.24, 2.45) is 0 Å². The molecule has 2 N–H and O–H groups in total. The summed E-state index contributed by atoms with van der Waals surface area (Å²) >= 11 is 0. The van der Waals surface area contributed by atoms with Crippen LogP contribution in [-0.4, -0.2) is 28.6 Å². The number of rotatable bonds is 8. The van der Waals surface area contributed by atoms with Crippen LogP contribution < -0.4 is 10.1 Å². The number of ether oxygens (including phenoxy) is 1. The third kappa shape index (κ3) is 5.03. The Bertz CT molecular complexity index is 500. The summed E-state index contributed by atoms with van der Waals surface area (Å²) in [4.78, 5) is 22.0. The van der Waals surface area contributed by atoms with Crippen LogP contribution >= 0.6 is 0 Å². The number of hydrogen-bond acceptors (Lipinski definition) is 5. The van der Waals surface area contributed by atoms with E-state index in [2.05, 4.69) is 5.32 Å². The molecule has 0 radical (unpaired) electrons. The Kier molecular flexibility index (Phi) is 6.61. The fraction of sp³-hybridized carbons (Fsp3) is 0.500. The Balaban J connectivity index is 2.70. The van der Waals surface area contributed by atoms with Crippen molar-refractivity contribution in [3.8, 4) is 5.75 Å². The standard InChI is InChI=1S/C14H20N2O5/c1-3-11(4-2)15-14(18)9-21-13-6-5-10(8-17)7-12(13)16(19)20/h5-7,11,17H,3-4,8-9H2,1-2H3,(H,15,18). The first kappa shape index (κ1) is 16.9. The number of carbonyl (C=O) groups excluding carboxylic acids is 1. The molecule has 116 valence electrons. The highest BCUT2D eigenvalue weighted by atomic mass is 16.6. The van der Waals surface area contributed by atoms with Crippen LogP contribution in [0.3, 0.4) is 0 Å². The lowest BCUT2D eigenvalue weighted by atomic mass is 10.2. The van der Waals surface area contributed by atoms with Gasteiger partial charge in [0.1, 0.15) is 0 Å². The third-order valence-electron chi connectivity index (χ3n) is 3.11. The van der Waals surface area contributed by atoms with Gasteiger partial charge in [0.2, 0.25) is 0 Å². The lowest BCUT2D eigenvalue weighted by Gasteiger charge is -2.15. The van der Waals surface area contributed by atoms with E-state index in [0.717, 1.165) is 12.8 Å². The summed E-state index contributed by atoms with van der Waals surface area (Å²) < 4.78 is 5.21. The molecule has 0 aliphatic carbocycles. The number of hydrogen-bond donors (Lipinski definition) is 2. The first-order valence-electron chi connectivity index (χ1n) is 6.82. The maximum Gasteiger partial charge on any atom is 0.311 e. The number of nitro groups is 1. The second-order valence-electron chi connectivity index (χ2n) is 4.59. The Labute approximate surface area is 123 Å². The van der Waals surface area contributed by atoms with Crippen LogP contribution in [0.1, 0.15) is 32.3 Å². The van der Waals surface area contributed by atoms with Crippen LogP contribution in [0, 0.1) is 10.1 Å². The summed E-state index contributed by atoms with van der Waals surface area (Å²) in [6, 6.07) is 4.21. The van der Waals surface area contributed by atoms with Crippen LogP contribution in [0.2, 0.25) is 0 Å². The second kappa shape index (κ2) is 8.21. The molecule has 0 aliphatic rings. The van der Waals surface area contributed by atoms with Gasteiger partial charge in [-0.05, 0) is 24.5 Å². The minimum Gasteiger partial charge on any atom is -0.477 e. The Morgan fingerprint density at radius 3 is 2.62 bits per heavy atom. The van der Waals surface area contributed by atoms with Gasteiger partial charge in [0.15, 0.2) is 12.4 Å². The minimum absolute atomic E-state index is 0.0110. The zero-order chi connectivity index (χ0) is 15.8. The smallest absolute Gasteiger partial charge is 0.311 e. The fourth-order valence-electron chi connectivity index (χ4n) is 1.83. The van der Waals surface area contributed by atoms with Crippen LogP contribution in [0.15, 0.2) is 18.2 Å². The lowest BCUT2D eigenvalue weighted by molar-refractivity contribution is -0.385. The van der Waals surface area contributed by atoms with E-state index in [4.69, 9.17) is 9.84 Å². The molecule has 0 saturated heterocycles. The molecular formula is C14H20N2O5. The average molecular weight is 296 g/mol. The summed E-state index contributed by atoms with van der Waals surface area (Å²) in [5, 5.41) is 22.7. The van der Waals surface area contributed by atoms with E-state index in [1.807, 2.05) is 13.8 Å². The monoisotopic (exact) mass is 296 g/mol. The van der Waals surface area contributed by atoms with Crippen molar-refractivity contribution in [1.29, 1.82) is 0 Å². The first-order valence-corrected chi connectivity index (χ1v) is 6.82. The highest BCUT2D eigenvalue weighted by molar-refractivity contribution is 5.78. The molecule has 0 bridgehead atoms. The van der Waals surface area contributed by atoms with Gasteiger partial charge in [-0.3, -0.25) is 14.9 Å². The van der Waals surface area contributed by atoms with E-state index in [1.165, 1.54) is 18.2 Å². The Morgan fingerprint density at radius 1 is 1.43 bits per heavy atom. The van der Waals surface area contributed by atoms with Crippen molar-refractivity contribution in [2.45, 2.75) is 39.3 Å². The Morgan fingerprint density at radius 2 is 2.10 bits per heavy atom. The summed E-state index contributed by atoms with van der Waals surface area (Å²) in [7, 11) is 0. The molecule has 0 fully saturated rings. The summed E-state index contributed by atoms with van der Waals surface area (Å²) in [6.07, 6.45) is 1.63. The van der Waals surface area contributed by atoms with E-state index >= 15 is 0 Å². The van der Waals surface area contributed by atoms with Gasteiger partial charge in [0, 0.05) is 12.1 Å². The molecule has 0 aliphatic heterocycles. The number of aliphatic hydroxyl groups is 1. The maximum absolute atomic E-state index is 11.7. The number of nitro benzene ring substituents is 1. The molecule has 1 rings (SSSR count). The molecular weight excluding hydrogens is 276 g/mol. The second-order valence-corrected chi connectivity index (χ2v) is 4.59. The maximum atomic E-state index is 11.7. The normalized spacial score (nSPS) is 10.5. The number of benzene rings is 1. The molecule has 0 spiro atoms.